The van der Waals surface area contributed by atoms with E-state index in [2.05, 4.69) is 9.97 Å². The number of hydrogen-bond donors (Lipinski definition) is 2. The molecule has 6 heteroatoms. The number of carbonyl (C=O) groups is 2. The van der Waals surface area contributed by atoms with Crippen molar-refractivity contribution in [3.8, 4) is 0 Å². The zero-order valence-corrected chi connectivity index (χ0v) is 6.07. The van der Waals surface area contributed by atoms with Crippen molar-refractivity contribution in [1.29, 1.82) is 0 Å². The van der Waals surface area contributed by atoms with Gasteiger partial charge in [0.15, 0.2) is 0 Å². The fraction of sp³-hybridized carbons (Fsp3) is 0. The Hall–Kier alpha value is -1.98. The fourth-order valence-corrected chi connectivity index (χ4v) is 0.253. The summed E-state index contributed by atoms with van der Waals surface area (Å²) in [7, 11) is 0. The number of rotatable bonds is 0. The van der Waals surface area contributed by atoms with Gasteiger partial charge in [0.05, 0.1) is 0 Å². The van der Waals surface area contributed by atoms with Gasteiger partial charge in [0.2, 0.25) is 0 Å². The van der Waals surface area contributed by atoms with Crippen LogP contribution in [0.4, 0.5) is 0 Å². The smallest absolute Gasteiger partial charge is 0.290 e. The van der Waals surface area contributed by atoms with Crippen molar-refractivity contribution in [2.24, 2.45) is 0 Å². The molecule has 0 spiro atoms. The van der Waals surface area contributed by atoms with E-state index in [4.69, 9.17) is 19.8 Å². The fourth-order valence-electron chi connectivity index (χ4n) is 0.253. The van der Waals surface area contributed by atoms with Crippen LogP contribution in [0.25, 0.3) is 0 Å². The Kier molecular flexibility index (Phi) is 16.9. The largest absolute Gasteiger partial charge is 0.483 e. The second kappa shape index (κ2) is 16.0. The number of carboxylic acid groups (broad SMARTS) is 2. The van der Waals surface area contributed by atoms with Gasteiger partial charge in [-0.2, -0.15) is 0 Å². The molecule has 0 aliphatic rings. The van der Waals surface area contributed by atoms with Crippen LogP contribution in [0.1, 0.15) is 0 Å². The van der Waals surface area contributed by atoms with Crippen LogP contribution < -0.4 is 0 Å². The van der Waals surface area contributed by atoms with Gasteiger partial charge in [-0.15, -0.1) is 0 Å². The molecule has 0 unspecified atom stereocenters. The second-order valence-electron chi connectivity index (χ2n) is 1.11. The van der Waals surface area contributed by atoms with E-state index in [0.29, 0.717) is 0 Å². The van der Waals surface area contributed by atoms with Crippen molar-refractivity contribution in [2.45, 2.75) is 0 Å². The molecule has 2 N–H and O–H groups in total. The van der Waals surface area contributed by atoms with Crippen molar-refractivity contribution in [3.05, 3.63) is 24.8 Å². The molecule has 66 valence electrons. The van der Waals surface area contributed by atoms with E-state index in [9.17, 15) is 0 Å². The van der Waals surface area contributed by atoms with Gasteiger partial charge in [-0.05, 0) is 0 Å². The lowest BCUT2D eigenvalue weighted by Gasteiger charge is -1.70. The molecule has 6 nitrogen and oxygen atoms in total. The molecule has 0 aliphatic heterocycles. The first kappa shape index (κ1) is 12.7. The average molecular weight is 172 g/mol. The summed E-state index contributed by atoms with van der Waals surface area (Å²) >= 11 is 0. The van der Waals surface area contributed by atoms with Gasteiger partial charge >= 0.3 is 0 Å². The molecule has 1 aromatic rings. The van der Waals surface area contributed by atoms with Crippen LogP contribution in [-0.4, -0.2) is 33.1 Å². The maximum absolute atomic E-state index is 8.36. The Morgan fingerprint density at radius 3 is 1.08 bits per heavy atom. The maximum Gasteiger partial charge on any atom is 0.290 e. The number of aromatic nitrogens is 2. The number of hydrogen-bond acceptors (Lipinski definition) is 4. The predicted molar refractivity (Wildman–Crippen MR) is 39.4 cm³/mol. The Balaban J connectivity index is 0. The SMILES string of the molecule is O=CO.O=CO.c1cnccn1. The third kappa shape index (κ3) is 24.5. The molecule has 0 aromatic carbocycles. The minimum absolute atomic E-state index is 0.250. The van der Waals surface area contributed by atoms with Crippen LogP contribution in [0.5, 0.6) is 0 Å². The Labute approximate surface area is 68.5 Å². The molecule has 1 heterocycles. The third-order valence-corrected chi connectivity index (χ3v) is 0.478. The zero-order chi connectivity index (χ0) is 9.66. The Morgan fingerprint density at radius 2 is 1.00 bits per heavy atom. The van der Waals surface area contributed by atoms with Crippen molar-refractivity contribution >= 4 is 12.9 Å². The van der Waals surface area contributed by atoms with Gasteiger partial charge in [0.1, 0.15) is 0 Å². The van der Waals surface area contributed by atoms with Crippen LogP contribution in [0.15, 0.2) is 24.8 Å². The molecule has 0 atom stereocenters. The van der Waals surface area contributed by atoms with Gasteiger partial charge in [-0.3, -0.25) is 19.6 Å². The predicted octanol–water partition coefficient (Wildman–Crippen LogP) is -0.122. The van der Waals surface area contributed by atoms with Crippen molar-refractivity contribution in [1.82, 2.24) is 9.97 Å². The first-order chi connectivity index (χ1) is 5.83. The van der Waals surface area contributed by atoms with Crippen molar-refractivity contribution < 1.29 is 19.8 Å². The van der Waals surface area contributed by atoms with Crippen LogP contribution >= 0.6 is 0 Å². The monoisotopic (exact) mass is 172 g/mol. The normalized spacial score (nSPS) is 6.00. The van der Waals surface area contributed by atoms with E-state index in [1.807, 2.05) is 0 Å². The van der Waals surface area contributed by atoms with Crippen LogP contribution in [0.2, 0.25) is 0 Å². The molecule has 0 bridgehead atoms. The van der Waals surface area contributed by atoms with Gasteiger partial charge in [-0.25, -0.2) is 0 Å². The highest BCUT2D eigenvalue weighted by molar-refractivity contribution is 5.32. The lowest BCUT2D eigenvalue weighted by molar-refractivity contribution is -0.123. The zero-order valence-electron chi connectivity index (χ0n) is 6.07. The van der Waals surface area contributed by atoms with Crippen LogP contribution in [0, 0.1) is 0 Å². The minimum Gasteiger partial charge on any atom is -0.483 e. The summed E-state index contributed by atoms with van der Waals surface area (Å²) in [5, 5.41) is 13.8. The Morgan fingerprint density at radius 1 is 0.833 bits per heavy atom. The molecular formula is C6H8N2O4. The van der Waals surface area contributed by atoms with Gasteiger partial charge in [-0.1, -0.05) is 0 Å². The highest BCUT2D eigenvalue weighted by Gasteiger charge is 1.59. The van der Waals surface area contributed by atoms with Crippen molar-refractivity contribution in [2.75, 3.05) is 0 Å². The van der Waals surface area contributed by atoms with E-state index >= 15 is 0 Å². The van der Waals surface area contributed by atoms with E-state index < -0.39 is 0 Å². The van der Waals surface area contributed by atoms with Crippen molar-refractivity contribution in [3.63, 3.8) is 0 Å². The van der Waals surface area contributed by atoms with E-state index in [-0.39, 0.29) is 12.9 Å². The summed E-state index contributed by atoms with van der Waals surface area (Å²) in [5.41, 5.74) is 0. The molecule has 0 saturated carbocycles. The molecule has 0 aliphatic carbocycles. The maximum atomic E-state index is 8.36. The molecule has 0 amide bonds. The molecule has 1 aromatic heterocycles. The molecular weight excluding hydrogens is 164 g/mol. The van der Waals surface area contributed by atoms with E-state index in [1.54, 1.807) is 24.8 Å². The lowest BCUT2D eigenvalue weighted by atomic mass is 10.8. The summed E-state index contributed by atoms with van der Waals surface area (Å²) in [6.45, 7) is -0.500. The third-order valence-electron chi connectivity index (χ3n) is 0.478. The van der Waals surface area contributed by atoms with Gasteiger partial charge in [0.25, 0.3) is 12.9 Å². The topological polar surface area (TPSA) is 100 Å². The van der Waals surface area contributed by atoms with Gasteiger partial charge < -0.3 is 10.2 Å². The highest BCUT2D eigenvalue weighted by atomic mass is 16.3. The van der Waals surface area contributed by atoms with E-state index in [0.717, 1.165) is 0 Å². The molecule has 0 radical (unpaired) electrons. The lowest BCUT2D eigenvalue weighted by Crippen LogP contribution is -1.66. The quantitative estimate of drug-likeness (QED) is 0.529. The first-order valence-corrected chi connectivity index (χ1v) is 2.69. The standard InChI is InChI=1S/C4H4N2.2CH2O2/c1-2-6-4-3-5-1;2*2-1-3/h1-4H;2*1H,(H,2,3). The second-order valence-corrected chi connectivity index (χ2v) is 1.11. The molecule has 0 fully saturated rings. The first-order valence-electron chi connectivity index (χ1n) is 2.69. The van der Waals surface area contributed by atoms with Crippen LogP contribution in [0.3, 0.4) is 0 Å². The summed E-state index contributed by atoms with van der Waals surface area (Å²) in [6, 6.07) is 0. The molecule has 0 saturated heterocycles. The van der Waals surface area contributed by atoms with Crippen LogP contribution in [-0.2, 0) is 9.59 Å². The average Bonchev–Trinajstić information content (AvgIpc) is 2.10. The minimum atomic E-state index is -0.250. The molecule has 12 heavy (non-hydrogen) atoms. The molecule has 1 rings (SSSR count). The highest BCUT2D eigenvalue weighted by Crippen LogP contribution is 1.65. The summed E-state index contributed by atoms with van der Waals surface area (Å²) in [4.78, 5) is 24.2. The van der Waals surface area contributed by atoms with Gasteiger partial charge in [0, 0.05) is 24.8 Å². The summed E-state index contributed by atoms with van der Waals surface area (Å²) in [6.07, 6.45) is 6.56. The number of nitrogens with zero attached hydrogens (tertiary/aromatic N) is 2. The van der Waals surface area contributed by atoms with E-state index in [1.165, 1.54) is 0 Å². The summed E-state index contributed by atoms with van der Waals surface area (Å²) < 4.78 is 0. The summed E-state index contributed by atoms with van der Waals surface area (Å²) in [5.74, 6) is 0. The Bertz CT molecular complexity index is 147.